The van der Waals surface area contributed by atoms with Crippen LogP contribution in [0.3, 0.4) is 0 Å². The second-order valence-electron chi connectivity index (χ2n) is 5.21. The SMILES string of the molecule is CCCN(CC(=O)N(C)C)CC(O)c1cccc(N)c1. The first-order valence-corrected chi connectivity index (χ1v) is 6.90. The molecule has 0 heterocycles. The number of carbonyl (C=O) groups is 1. The summed E-state index contributed by atoms with van der Waals surface area (Å²) in [4.78, 5) is 15.3. The van der Waals surface area contributed by atoms with E-state index >= 15 is 0 Å². The number of benzene rings is 1. The highest BCUT2D eigenvalue weighted by molar-refractivity contribution is 5.77. The number of rotatable bonds is 7. The van der Waals surface area contributed by atoms with Crippen LogP contribution in [-0.4, -0.2) is 54.5 Å². The maximum Gasteiger partial charge on any atom is 0.236 e. The summed E-state index contributed by atoms with van der Waals surface area (Å²) in [6, 6.07) is 7.22. The lowest BCUT2D eigenvalue weighted by atomic mass is 10.1. The van der Waals surface area contributed by atoms with Gasteiger partial charge in [-0.1, -0.05) is 19.1 Å². The fourth-order valence-electron chi connectivity index (χ4n) is 2.00. The molecule has 1 aromatic carbocycles. The first-order chi connectivity index (χ1) is 9.43. The van der Waals surface area contributed by atoms with Gasteiger partial charge in [-0.3, -0.25) is 9.69 Å². The quantitative estimate of drug-likeness (QED) is 0.733. The minimum absolute atomic E-state index is 0.0400. The predicted octanol–water partition coefficient (Wildman–Crippen LogP) is 1.10. The Hall–Kier alpha value is -1.59. The number of anilines is 1. The van der Waals surface area contributed by atoms with Crippen LogP contribution in [0.25, 0.3) is 0 Å². The van der Waals surface area contributed by atoms with Gasteiger partial charge in [0.2, 0.25) is 5.91 Å². The van der Waals surface area contributed by atoms with Gasteiger partial charge in [0, 0.05) is 26.3 Å². The highest BCUT2D eigenvalue weighted by atomic mass is 16.3. The van der Waals surface area contributed by atoms with Crippen molar-refractivity contribution in [3.05, 3.63) is 29.8 Å². The van der Waals surface area contributed by atoms with Gasteiger partial charge in [-0.25, -0.2) is 0 Å². The Morgan fingerprint density at radius 3 is 2.65 bits per heavy atom. The number of amides is 1. The lowest BCUT2D eigenvalue weighted by Crippen LogP contribution is -2.39. The monoisotopic (exact) mass is 279 g/mol. The molecule has 3 N–H and O–H groups in total. The summed E-state index contributed by atoms with van der Waals surface area (Å²) in [6.07, 6.45) is 0.296. The van der Waals surface area contributed by atoms with Gasteiger partial charge >= 0.3 is 0 Å². The Bertz CT molecular complexity index is 435. The first kappa shape index (κ1) is 16.5. The fourth-order valence-corrected chi connectivity index (χ4v) is 2.00. The first-order valence-electron chi connectivity index (χ1n) is 6.90. The van der Waals surface area contributed by atoms with Crippen LogP contribution in [0.2, 0.25) is 0 Å². The fraction of sp³-hybridized carbons (Fsp3) is 0.533. The Morgan fingerprint density at radius 1 is 1.40 bits per heavy atom. The summed E-state index contributed by atoms with van der Waals surface area (Å²) in [6.45, 7) is 3.58. The lowest BCUT2D eigenvalue weighted by Gasteiger charge is -2.25. The molecule has 0 aliphatic heterocycles. The average molecular weight is 279 g/mol. The molecule has 1 atom stereocenters. The minimum atomic E-state index is -0.639. The van der Waals surface area contributed by atoms with Crippen LogP contribution in [0.5, 0.6) is 0 Å². The minimum Gasteiger partial charge on any atom is -0.399 e. The number of hydrogen-bond acceptors (Lipinski definition) is 4. The molecular weight excluding hydrogens is 254 g/mol. The van der Waals surface area contributed by atoms with E-state index in [2.05, 4.69) is 6.92 Å². The molecule has 5 heteroatoms. The molecule has 1 aromatic rings. The zero-order chi connectivity index (χ0) is 15.1. The standard InChI is InChI=1S/C15H25N3O2/c1-4-8-18(11-15(20)17(2)3)10-14(19)12-6-5-7-13(16)9-12/h5-7,9,14,19H,4,8,10-11,16H2,1-3H3. The van der Waals surface area contributed by atoms with Crippen molar-refractivity contribution in [2.75, 3.05) is 39.5 Å². The number of nitrogen functional groups attached to an aromatic ring is 1. The van der Waals surface area contributed by atoms with Crippen molar-refractivity contribution in [3.8, 4) is 0 Å². The molecule has 0 saturated heterocycles. The Kier molecular flexibility index (Phi) is 6.48. The van der Waals surface area contributed by atoms with Crippen LogP contribution in [-0.2, 0) is 4.79 Å². The molecular formula is C15H25N3O2. The maximum absolute atomic E-state index is 11.8. The summed E-state index contributed by atoms with van der Waals surface area (Å²) in [7, 11) is 3.47. The van der Waals surface area contributed by atoms with Crippen LogP contribution < -0.4 is 5.73 Å². The molecule has 0 aliphatic carbocycles. The van der Waals surface area contributed by atoms with Crippen molar-refractivity contribution < 1.29 is 9.90 Å². The van der Waals surface area contributed by atoms with E-state index in [1.807, 2.05) is 17.0 Å². The lowest BCUT2D eigenvalue weighted by molar-refractivity contribution is -0.130. The Balaban J connectivity index is 2.67. The zero-order valence-corrected chi connectivity index (χ0v) is 12.5. The molecule has 20 heavy (non-hydrogen) atoms. The Labute approximate surface area is 121 Å². The van der Waals surface area contributed by atoms with Crippen molar-refractivity contribution in [3.63, 3.8) is 0 Å². The third-order valence-electron chi connectivity index (χ3n) is 3.12. The van der Waals surface area contributed by atoms with Gasteiger partial charge < -0.3 is 15.7 Å². The summed E-state index contributed by atoms with van der Waals surface area (Å²) in [5.74, 6) is 0.0400. The molecule has 0 spiro atoms. The molecule has 1 rings (SSSR count). The third-order valence-corrected chi connectivity index (χ3v) is 3.12. The maximum atomic E-state index is 11.8. The molecule has 0 aliphatic rings. The number of aliphatic hydroxyl groups is 1. The summed E-state index contributed by atoms with van der Waals surface area (Å²) in [5.41, 5.74) is 7.13. The van der Waals surface area contributed by atoms with Crippen molar-refractivity contribution in [1.29, 1.82) is 0 Å². The molecule has 0 aromatic heterocycles. The van der Waals surface area contributed by atoms with Gasteiger partial charge in [-0.05, 0) is 30.7 Å². The Morgan fingerprint density at radius 2 is 2.10 bits per heavy atom. The van der Waals surface area contributed by atoms with E-state index in [1.54, 1.807) is 31.1 Å². The summed E-state index contributed by atoms with van der Waals surface area (Å²) < 4.78 is 0. The average Bonchev–Trinajstić information content (AvgIpc) is 2.38. The van der Waals surface area contributed by atoms with Crippen LogP contribution in [0, 0.1) is 0 Å². The van der Waals surface area contributed by atoms with E-state index < -0.39 is 6.10 Å². The van der Waals surface area contributed by atoms with Crippen molar-refractivity contribution in [2.24, 2.45) is 0 Å². The predicted molar refractivity (Wildman–Crippen MR) is 81.2 cm³/mol. The normalized spacial score (nSPS) is 12.4. The van der Waals surface area contributed by atoms with Gasteiger partial charge in [0.05, 0.1) is 12.6 Å². The van der Waals surface area contributed by atoms with Crippen molar-refractivity contribution in [2.45, 2.75) is 19.4 Å². The molecule has 0 fully saturated rings. The third kappa shape index (κ3) is 5.19. The zero-order valence-electron chi connectivity index (χ0n) is 12.5. The number of hydrogen-bond donors (Lipinski definition) is 2. The smallest absolute Gasteiger partial charge is 0.236 e. The van der Waals surface area contributed by atoms with E-state index in [4.69, 9.17) is 5.73 Å². The number of aliphatic hydroxyl groups excluding tert-OH is 1. The van der Waals surface area contributed by atoms with Gasteiger partial charge in [0.15, 0.2) is 0 Å². The summed E-state index contributed by atoms with van der Waals surface area (Å²) >= 11 is 0. The molecule has 112 valence electrons. The number of nitrogens with zero attached hydrogens (tertiary/aromatic N) is 2. The highest BCUT2D eigenvalue weighted by Crippen LogP contribution is 2.17. The van der Waals surface area contributed by atoms with E-state index in [9.17, 15) is 9.90 Å². The number of carbonyl (C=O) groups excluding carboxylic acids is 1. The topological polar surface area (TPSA) is 69.8 Å². The van der Waals surface area contributed by atoms with E-state index in [0.717, 1.165) is 18.5 Å². The molecule has 5 nitrogen and oxygen atoms in total. The summed E-state index contributed by atoms with van der Waals surface area (Å²) in [5, 5.41) is 10.3. The van der Waals surface area contributed by atoms with Crippen molar-refractivity contribution >= 4 is 11.6 Å². The van der Waals surface area contributed by atoms with Gasteiger partial charge in [-0.15, -0.1) is 0 Å². The van der Waals surface area contributed by atoms with E-state index in [1.165, 1.54) is 0 Å². The molecule has 0 saturated carbocycles. The van der Waals surface area contributed by atoms with E-state index in [-0.39, 0.29) is 5.91 Å². The number of nitrogens with two attached hydrogens (primary N) is 1. The second kappa shape index (κ2) is 7.87. The van der Waals surface area contributed by atoms with Gasteiger partial charge in [0.25, 0.3) is 0 Å². The van der Waals surface area contributed by atoms with Crippen LogP contribution >= 0.6 is 0 Å². The highest BCUT2D eigenvalue weighted by Gasteiger charge is 2.16. The number of likely N-dealkylation sites (N-methyl/N-ethyl adjacent to an activating group) is 1. The van der Waals surface area contributed by atoms with Gasteiger partial charge in [0.1, 0.15) is 0 Å². The molecule has 0 radical (unpaired) electrons. The van der Waals surface area contributed by atoms with Gasteiger partial charge in [-0.2, -0.15) is 0 Å². The van der Waals surface area contributed by atoms with Crippen molar-refractivity contribution in [1.82, 2.24) is 9.80 Å². The molecule has 1 amide bonds. The largest absolute Gasteiger partial charge is 0.399 e. The van der Waals surface area contributed by atoms with E-state index in [0.29, 0.717) is 18.8 Å². The van der Waals surface area contributed by atoms with Crippen LogP contribution in [0.1, 0.15) is 25.0 Å². The molecule has 1 unspecified atom stereocenters. The second-order valence-corrected chi connectivity index (χ2v) is 5.21. The molecule has 0 bridgehead atoms. The van der Waals surface area contributed by atoms with Crippen LogP contribution in [0.15, 0.2) is 24.3 Å². The van der Waals surface area contributed by atoms with Crippen LogP contribution in [0.4, 0.5) is 5.69 Å².